The lowest BCUT2D eigenvalue weighted by Crippen LogP contribution is -2.32. The van der Waals surface area contributed by atoms with E-state index in [0.29, 0.717) is 8.85 Å². The SMILES string of the molecule is Cc1cccc(S(=O)(=O)n2c(=O)n(C(=O)c3cccs3)c3ccccc32)c1. The van der Waals surface area contributed by atoms with Gasteiger partial charge in [-0.1, -0.05) is 30.3 Å². The Morgan fingerprint density at radius 3 is 2.37 bits per heavy atom. The Bertz CT molecular complexity index is 1330. The highest BCUT2D eigenvalue weighted by molar-refractivity contribution is 7.90. The standard InChI is InChI=1S/C19H14N2O4S2/c1-13-6-4-7-14(12-13)27(24,25)21-16-9-3-2-8-15(16)20(19(21)23)18(22)17-10-5-11-26-17/h2-12H,1H3. The third kappa shape index (κ3) is 2.73. The molecule has 0 spiro atoms. The predicted octanol–water partition coefficient (Wildman–Crippen LogP) is 3.10. The van der Waals surface area contributed by atoms with E-state index in [9.17, 15) is 18.0 Å². The minimum atomic E-state index is -4.17. The smallest absolute Gasteiger partial charge is 0.267 e. The molecule has 6 nitrogen and oxygen atoms in total. The maximum absolute atomic E-state index is 13.2. The van der Waals surface area contributed by atoms with Gasteiger partial charge in [-0.2, -0.15) is 3.97 Å². The van der Waals surface area contributed by atoms with Crippen molar-refractivity contribution in [2.45, 2.75) is 11.8 Å². The zero-order chi connectivity index (χ0) is 19.2. The molecular formula is C19H14N2O4S2. The molecule has 27 heavy (non-hydrogen) atoms. The Morgan fingerprint density at radius 2 is 1.70 bits per heavy atom. The zero-order valence-electron chi connectivity index (χ0n) is 14.2. The molecule has 2 aromatic carbocycles. The van der Waals surface area contributed by atoms with Crippen LogP contribution in [-0.2, 0) is 10.0 Å². The lowest BCUT2D eigenvalue weighted by molar-refractivity contribution is 0.0965. The molecule has 136 valence electrons. The van der Waals surface area contributed by atoms with Crippen LogP contribution < -0.4 is 5.69 Å². The first-order valence-corrected chi connectivity index (χ1v) is 10.4. The van der Waals surface area contributed by atoms with Crippen molar-refractivity contribution in [3.05, 3.63) is 87.0 Å². The summed E-state index contributed by atoms with van der Waals surface area (Å²) in [6.07, 6.45) is 0. The van der Waals surface area contributed by atoms with Crippen molar-refractivity contribution in [2.24, 2.45) is 0 Å². The van der Waals surface area contributed by atoms with Crippen LogP contribution in [0.4, 0.5) is 0 Å². The fraction of sp³-hybridized carbons (Fsp3) is 0.0526. The van der Waals surface area contributed by atoms with Crippen LogP contribution in [-0.4, -0.2) is 22.9 Å². The third-order valence-corrected chi connectivity index (χ3v) is 6.71. The predicted molar refractivity (Wildman–Crippen MR) is 104 cm³/mol. The lowest BCUT2D eigenvalue weighted by atomic mass is 10.2. The Hall–Kier alpha value is -2.97. The number of para-hydroxylation sites is 2. The number of fused-ring (bicyclic) bond motifs is 1. The van der Waals surface area contributed by atoms with Gasteiger partial charge in [0.05, 0.1) is 20.8 Å². The molecule has 0 aliphatic heterocycles. The van der Waals surface area contributed by atoms with Gasteiger partial charge in [0.2, 0.25) is 0 Å². The summed E-state index contributed by atoms with van der Waals surface area (Å²) in [6, 6.07) is 16.0. The molecule has 0 atom stereocenters. The number of carbonyl (C=O) groups excluding carboxylic acids is 1. The second kappa shape index (κ2) is 6.33. The number of thiophene rings is 1. The van der Waals surface area contributed by atoms with Crippen molar-refractivity contribution in [2.75, 3.05) is 0 Å². The second-order valence-electron chi connectivity index (χ2n) is 5.98. The monoisotopic (exact) mass is 398 g/mol. The number of aryl methyl sites for hydroxylation is 1. The van der Waals surface area contributed by atoms with Gasteiger partial charge in [-0.3, -0.25) is 4.79 Å². The Balaban J connectivity index is 2.05. The van der Waals surface area contributed by atoms with Gasteiger partial charge in [0.25, 0.3) is 15.9 Å². The number of imidazole rings is 1. The van der Waals surface area contributed by atoms with Crippen molar-refractivity contribution < 1.29 is 13.2 Å². The van der Waals surface area contributed by atoms with E-state index in [0.717, 1.165) is 10.1 Å². The topological polar surface area (TPSA) is 78.1 Å². The summed E-state index contributed by atoms with van der Waals surface area (Å²) < 4.78 is 28.0. The minimum absolute atomic E-state index is 0.00363. The van der Waals surface area contributed by atoms with E-state index < -0.39 is 21.6 Å². The Labute approximate surface area is 159 Å². The van der Waals surface area contributed by atoms with E-state index in [-0.39, 0.29) is 15.9 Å². The van der Waals surface area contributed by atoms with Gasteiger partial charge < -0.3 is 0 Å². The molecule has 0 N–H and O–H groups in total. The summed E-state index contributed by atoms with van der Waals surface area (Å²) in [5, 5.41) is 1.72. The Morgan fingerprint density at radius 1 is 0.963 bits per heavy atom. The van der Waals surface area contributed by atoms with Crippen molar-refractivity contribution >= 4 is 38.3 Å². The number of rotatable bonds is 3. The second-order valence-corrected chi connectivity index (χ2v) is 8.71. The third-order valence-electron chi connectivity index (χ3n) is 4.17. The van der Waals surface area contributed by atoms with Crippen molar-refractivity contribution in [1.29, 1.82) is 0 Å². The van der Waals surface area contributed by atoms with Crippen molar-refractivity contribution in [3.63, 3.8) is 0 Å². The van der Waals surface area contributed by atoms with Crippen LogP contribution in [0.15, 0.2) is 75.7 Å². The van der Waals surface area contributed by atoms with Gasteiger partial charge in [-0.05, 0) is 48.2 Å². The highest BCUT2D eigenvalue weighted by Crippen LogP contribution is 2.22. The highest BCUT2D eigenvalue weighted by atomic mass is 32.2. The summed E-state index contributed by atoms with van der Waals surface area (Å²) in [5.74, 6) is -0.551. The van der Waals surface area contributed by atoms with Gasteiger partial charge >= 0.3 is 5.69 Å². The van der Waals surface area contributed by atoms with Crippen molar-refractivity contribution in [1.82, 2.24) is 8.54 Å². The quantitative estimate of drug-likeness (QED) is 0.531. The summed E-state index contributed by atoms with van der Waals surface area (Å²) in [6.45, 7) is 1.77. The van der Waals surface area contributed by atoms with E-state index in [1.54, 1.807) is 54.8 Å². The summed E-state index contributed by atoms with van der Waals surface area (Å²) >= 11 is 1.19. The van der Waals surface area contributed by atoms with Gasteiger partial charge in [0.1, 0.15) is 0 Å². The van der Waals surface area contributed by atoms with Crippen LogP contribution in [0.5, 0.6) is 0 Å². The fourth-order valence-electron chi connectivity index (χ4n) is 2.94. The fourth-order valence-corrected chi connectivity index (χ4v) is 5.09. The van der Waals surface area contributed by atoms with Crippen LogP contribution in [0.2, 0.25) is 0 Å². The number of hydrogen-bond donors (Lipinski definition) is 0. The molecule has 4 aromatic rings. The van der Waals surface area contributed by atoms with E-state index >= 15 is 0 Å². The molecule has 4 rings (SSSR count). The number of hydrogen-bond acceptors (Lipinski definition) is 5. The molecule has 0 aliphatic carbocycles. The molecule has 2 heterocycles. The molecule has 0 amide bonds. The maximum atomic E-state index is 13.2. The van der Waals surface area contributed by atoms with E-state index in [1.807, 2.05) is 0 Å². The molecular weight excluding hydrogens is 384 g/mol. The van der Waals surface area contributed by atoms with Gasteiger partial charge in [-0.15, -0.1) is 11.3 Å². The minimum Gasteiger partial charge on any atom is -0.267 e. The first-order valence-electron chi connectivity index (χ1n) is 8.04. The summed E-state index contributed by atoms with van der Waals surface area (Å²) in [5.41, 5.74) is 0.254. The lowest BCUT2D eigenvalue weighted by Gasteiger charge is -2.06. The van der Waals surface area contributed by atoms with E-state index in [4.69, 9.17) is 0 Å². The average Bonchev–Trinajstić information content (AvgIpc) is 3.27. The molecule has 8 heteroatoms. The molecule has 0 unspecified atom stereocenters. The summed E-state index contributed by atoms with van der Waals surface area (Å²) in [7, 11) is -4.17. The number of carbonyl (C=O) groups is 1. The molecule has 0 bridgehead atoms. The zero-order valence-corrected chi connectivity index (χ0v) is 15.8. The number of benzene rings is 2. The Kier molecular flexibility index (Phi) is 4.09. The van der Waals surface area contributed by atoms with Gasteiger partial charge in [-0.25, -0.2) is 17.8 Å². The normalized spacial score (nSPS) is 11.7. The molecule has 0 saturated heterocycles. The molecule has 0 radical (unpaired) electrons. The average molecular weight is 398 g/mol. The molecule has 0 fully saturated rings. The summed E-state index contributed by atoms with van der Waals surface area (Å²) in [4.78, 5) is 26.2. The van der Waals surface area contributed by atoms with Crippen LogP contribution in [0.1, 0.15) is 15.2 Å². The van der Waals surface area contributed by atoms with Crippen LogP contribution in [0.25, 0.3) is 11.0 Å². The largest absolute Gasteiger partial charge is 0.350 e. The van der Waals surface area contributed by atoms with Crippen molar-refractivity contribution in [3.8, 4) is 0 Å². The molecule has 0 saturated carbocycles. The maximum Gasteiger partial charge on any atom is 0.350 e. The molecule has 0 aliphatic rings. The van der Waals surface area contributed by atoms with E-state index in [2.05, 4.69) is 0 Å². The number of nitrogens with zero attached hydrogens (tertiary/aromatic N) is 2. The first-order chi connectivity index (χ1) is 12.9. The number of aromatic nitrogens is 2. The highest BCUT2D eigenvalue weighted by Gasteiger charge is 2.28. The van der Waals surface area contributed by atoms with Crippen LogP contribution >= 0.6 is 11.3 Å². The van der Waals surface area contributed by atoms with Gasteiger partial charge in [0.15, 0.2) is 0 Å². The first kappa shape index (κ1) is 17.4. The van der Waals surface area contributed by atoms with E-state index in [1.165, 1.54) is 29.5 Å². The van der Waals surface area contributed by atoms with Gasteiger partial charge in [0, 0.05) is 0 Å². The molecule has 2 aromatic heterocycles. The van der Waals surface area contributed by atoms with Crippen LogP contribution in [0.3, 0.4) is 0 Å². The van der Waals surface area contributed by atoms with Crippen LogP contribution in [0, 0.1) is 6.92 Å².